The molecule has 1 fully saturated rings. The predicted octanol–water partition coefficient (Wildman–Crippen LogP) is 3.63. The molecule has 0 atom stereocenters. The maximum Gasteiger partial charge on any atom is 0.261 e. The molecule has 1 aliphatic carbocycles. The maximum absolute atomic E-state index is 12.4. The Kier molecular flexibility index (Phi) is 5.18. The average Bonchev–Trinajstić information content (AvgIpc) is 3.25. The van der Waals surface area contributed by atoms with Gasteiger partial charge in [-0.3, -0.25) is 14.5 Å². The third-order valence-corrected chi connectivity index (χ3v) is 5.81. The van der Waals surface area contributed by atoms with Gasteiger partial charge in [0.1, 0.15) is 0 Å². The molecular weight excluding hydrogens is 352 g/mol. The molecule has 2 aromatic carbocycles. The molecule has 1 aliphatic heterocycles. The molecule has 0 bridgehead atoms. The van der Waals surface area contributed by atoms with E-state index in [4.69, 9.17) is 0 Å². The minimum absolute atomic E-state index is 0.194. The SMILES string of the molecule is O=C1c2ccccc2C(=O)N1CCCc1cccc(NCC2(O)CCCC2)c1. The lowest BCUT2D eigenvalue weighted by Crippen LogP contribution is -2.33. The number of hydrogen-bond donors (Lipinski definition) is 2. The number of rotatable bonds is 7. The quantitative estimate of drug-likeness (QED) is 0.722. The molecule has 0 radical (unpaired) electrons. The molecule has 28 heavy (non-hydrogen) atoms. The normalized spacial score (nSPS) is 17.8. The van der Waals surface area contributed by atoms with E-state index in [1.54, 1.807) is 24.3 Å². The number of aryl methyl sites for hydroxylation is 1. The van der Waals surface area contributed by atoms with Crippen LogP contribution in [-0.4, -0.2) is 40.5 Å². The van der Waals surface area contributed by atoms with Gasteiger partial charge in [0.2, 0.25) is 0 Å². The van der Waals surface area contributed by atoms with Crippen LogP contribution in [0.25, 0.3) is 0 Å². The second-order valence-electron chi connectivity index (χ2n) is 7.90. The molecule has 0 aromatic heterocycles. The zero-order valence-corrected chi connectivity index (χ0v) is 16.0. The monoisotopic (exact) mass is 378 g/mol. The Morgan fingerprint density at radius 1 is 0.964 bits per heavy atom. The van der Waals surface area contributed by atoms with Crippen molar-refractivity contribution in [3.8, 4) is 0 Å². The molecule has 5 nitrogen and oxygen atoms in total. The fraction of sp³-hybridized carbons (Fsp3) is 0.391. The summed E-state index contributed by atoms with van der Waals surface area (Å²) in [6.07, 6.45) is 5.41. The van der Waals surface area contributed by atoms with Crippen molar-refractivity contribution in [2.24, 2.45) is 0 Å². The fourth-order valence-electron chi connectivity index (χ4n) is 4.20. The van der Waals surface area contributed by atoms with Gasteiger partial charge in [-0.1, -0.05) is 37.1 Å². The number of fused-ring (bicyclic) bond motifs is 1. The van der Waals surface area contributed by atoms with Gasteiger partial charge in [0.25, 0.3) is 11.8 Å². The number of carbonyl (C=O) groups excluding carboxylic acids is 2. The summed E-state index contributed by atoms with van der Waals surface area (Å²) in [5.74, 6) is -0.387. The minimum Gasteiger partial charge on any atom is -0.388 e. The van der Waals surface area contributed by atoms with Crippen LogP contribution in [0, 0.1) is 0 Å². The number of nitrogens with one attached hydrogen (secondary N) is 1. The van der Waals surface area contributed by atoms with Crippen molar-refractivity contribution in [2.75, 3.05) is 18.4 Å². The summed E-state index contributed by atoms with van der Waals surface area (Å²) in [7, 11) is 0. The van der Waals surface area contributed by atoms with Crippen molar-refractivity contribution in [3.05, 3.63) is 65.2 Å². The van der Waals surface area contributed by atoms with Gasteiger partial charge in [-0.15, -0.1) is 0 Å². The first-order valence-electron chi connectivity index (χ1n) is 10.1. The Hall–Kier alpha value is -2.66. The number of imide groups is 1. The zero-order chi connectivity index (χ0) is 19.6. The smallest absolute Gasteiger partial charge is 0.261 e. The fourth-order valence-corrected chi connectivity index (χ4v) is 4.20. The molecule has 2 amide bonds. The van der Waals surface area contributed by atoms with Gasteiger partial charge >= 0.3 is 0 Å². The lowest BCUT2D eigenvalue weighted by atomic mass is 10.0. The number of nitrogens with zero attached hydrogens (tertiary/aromatic N) is 1. The third-order valence-electron chi connectivity index (χ3n) is 5.81. The summed E-state index contributed by atoms with van der Waals surface area (Å²) in [4.78, 5) is 26.2. The molecule has 0 spiro atoms. The van der Waals surface area contributed by atoms with E-state index in [2.05, 4.69) is 17.4 Å². The number of hydrogen-bond acceptors (Lipinski definition) is 4. The standard InChI is InChI=1S/C23H26N2O3/c26-21-19-10-1-2-11-20(19)22(27)25(21)14-6-8-17-7-5-9-18(15-17)24-16-23(28)12-3-4-13-23/h1-2,5,7,9-11,15,24,28H,3-4,6,8,12-14,16H2. The minimum atomic E-state index is -0.582. The summed E-state index contributed by atoms with van der Waals surface area (Å²) in [6, 6.07) is 15.1. The summed E-state index contributed by atoms with van der Waals surface area (Å²) in [6.45, 7) is 0.995. The molecule has 1 heterocycles. The molecule has 146 valence electrons. The van der Waals surface area contributed by atoms with Crippen molar-refractivity contribution in [1.82, 2.24) is 4.90 Å². The van der Waals surface area contributed by atoms with Gasteiger partial charge < -0.3 is 10.4 Å². The Balaban J connectivity index is 1.31. The second-order valence-corrected chi connectivity index (χ2v) is 7.90. The van der Waals surface area contributed by atoms with Crippen LogP contribution in [0.5, 0.6) is 0 Å². The van der Waals surface area contributed by atoms with Gasteiger partial charge in [-0.25, -0.2) is 0 Å². The highest BCUT2D eigenvalue weighted by molar-refractivity contribution is 6.21. The van der Waals surface area contributed by atoms with Crippen molar-refractivity contribution in [2.45, 2.75) is 44.1 Å². The van der Waals surface area contributed by atoms with Crippen LogP contribution in [0.3, 0.4) is 0 Å². The van der Waals surface area contributed by atoms with Crippen molar-refractivity contribution >= 4 is 17.5 Å². The van der Waals surface area contributed by atoms with E-state index in [9.17, 15) is 14.7 Å². The first-order chi connectivity index (χ1) is 13.6. The Bertz CT molecular complexity index is 852. The van der Waals surface area contributed by atoms with E-state index in [1.165, 1.54) is 4.90 Å². The van der Waals surface area contributed by atoms with Crippen LogP contribution in [0.4, 0.5) is 5.69 Å². The van der Waals surface area contributed by atoms with Crippen LogP contribution in [-0.2, 0) is 6.42 Å². The van der Waals surface area contributed by atoms with E-state index in [0.717, 1.165) is 49.8 Å². The molecule has 1 saturated carbocycles. The Labute approximate surface area is 165 Å². The van der Waals surface area contributed by atoms with Gasteiger partial charge in [0, 0.05) is 18.8 Å². The largest absolute Gasteiger partial charge is 0.388 e. The number of anilines is 1. The average molecular weight is 378 g/mol. The molecule has 4 rings (SSSR count). The van der Waals surface area contributed by atoms with Crippen molar-refractivity contribution in [1.29, 1.82) is 0 Å². The highest BCUT2D eigenvalue weighted by Crippen LogP contribution is 2.29. The molecule has 2 aliphatic rings. The summed E-state index contributed by atoms with van der Waals surface area (Å²) in [5.41, 5.74) is 2.58. The van der Waals surface area contributed by atoms with Crippen LogP contribution in [0.15, 0.2) is 48.5 Å². The number of amides is 2. The molecule has 0 saturated heterocycles. The highest BCUT2D eigenvalue weighted by atomic mass is 16.3. The van der Waals surface area contributed by atoms with Gasteiger partial charge in [-0.05, 0) is 55.5 Å². The van der Waals surface area contributed by atoms with Gasteiger partial charge in [-0.2, -0.15) is 0 Å². The van der Waals surface area contributed by atoms with E-state index in [0.29, 0.717) is 24.2 Å². The first kappa shape index (κ1) is 18.7. The van der Waals surface area contributed by atoms with Crippen molar-refractivity contribution in [3.63, 3.8) is 0 Å². The Morgan fingerprint density at radius 2 is 1.64 bits per heavy atom. The topological polar surface area (TPSA) is 69.6 Å². The van der Waals surface area contributed by atoms with E-state index < -0.39 is 5.60 Å². The van der Waals surface area contributed by atoms with Crippen LogP contribution in [0.2, 0.25) is 0 Å². The van der Waals surface area contributed by atoms with Gasteiger partial charge in [0.05, 0.1) is 16.7 Å². The summed E-state index contributed by atoms with van der Waals surface area (Å²) >= 11 is 0. The molecule has 2 N–H and O–H groups in total. The van der Waals surface area contributed by atoms with Gasteiger partial charge in [0.15, 0.2) is 0 Å². The number of benzene rings is 2. The zero-order valence-electron chi connectivity index (χ0n) is 16.0. The Morgan fingerprint density at radius 3 is 2.32 bits per heavy atom. The number of carbonyl (C=O) groups is 2. The molecule has 5 heteroatoms. The van der Waals surface area contributed by atoms with E-state index >= 15 is 0 Å². The molecular formula is C23H26N2O3. The van der Waals surface area contributed by atoms with Crippen LogP contribution >= 0.6 is 0 Å². The third kappa shape index (κ3) is 3.80. The lowest BCUT2D eigenvalue weighted by molar-refractivity contribution is 0.0613. The van der Waals surface area contributed by atoms with Crippen LogP contribution in [0.1, 0.15) is 58.4 Å². The second kappa shape index (κ2) is 7.76. The van der Waals surface area contributed by atoms with E-state index in [1.807, 2.05) is 12.1 Å². The predicted molar refractivity (Wildman–Crippen MR) is 108 cm³/mol. The van der Waals surface area contributed by atoms with E-state index in [-0.39, 0.29) is 11.8 Å². The van der Waals surface area contributed by atoms with Crippen molar-refractivity contribution < 1.29 is 14.7 Å². The number of aliphatic hydroxyl groups is 1. The van der Waals surface area contributed by atoms with Crippen LogP contribution < -0.4 is 5.32 Å². The summed E-state index contributed by atoms with van der Waals surface area (Å²) in [5, 5.41) is 13.8. The maximum atomic E-state index is 12.4. The molecule has 2 aromatic rings. The lowest BCUT2D eigenvalue weighted by Gasteiger charge is -2.23. The highest BCUT2D eigenvalue weighted by Gasteiger charge is 2.34. The summed E-state index contributed by atoms with van der Waals surface area (Å²) < 4.78 is 0. The first-order valence-corrected chi connectivity index (χ1v) is 10.1. The molecule has 0 unspecified atom stereocenters.